The number of hydrogen-bond donors (Lipinski definition) is 2. The zero-order valence-electron chi connectivity index (χ0n) is 20.4. The Hall–Kier alpha value is -5.44. The van der Waals surface area contributed by atoms with Crippen molar-refractivity contribution in [1.82, 2.24) is 0 Å². The van der Waals surface area contributed by atoms with E-state index in [1.165, 1.54) is 0 Å². The van der Waals surface area contributed by atoms with Crippen molar-refractivity contribution in [3.8, 4) is 5.75 Å². The number of nitrogens with zero attached hydrogens (tertiary/aromatic N) is 6. The average Bonchev–Trinajstić information content (AvgIpc) is 2.90. The molecule has 4 aromatic rings. The zero-order chi connectivity index (χ0) is 31.0. The molecule has 0 amide bonds. The minimum Gasteiger partial charge on any atom is -0.744 e. The van der Waals surface area contributed by atoms with Crippen LogP contribution < -0.4 is 5.73 Å². The fourth-order valence-corrected chi connectivity index (χ4v) is 4.89. The molecule has 4 aromatic carbocycles. The Labute approximate surface area is 234 Å². The highest BCUT2D eigenvalue weighted by Crippen LogP contribution is 2.48. The van der Waals surface area contributed by atoms with E-state index in [0.29, 0.717) is 12.1 Å². The lowest BCUT2D eigenvalue weighted by molar-refractivity contribution is -0.385. The molecule has 0 saturated carbocycles. The molecule has 0 bridgehead atoms. The predicted molar refractivity (Wildman–Crippen MR) is 140 cm³/mol. The lowest BCUT2D eigenvalue weighted by Crippen LogP contribution is -2.04. The van der Waals surface area contributed by atoms with Gasteiger partial charge < -0.3 is 19.9 Å². The first kappa shape index (κ1) is 29.5. The van der Waals surface area contributed by atoms with Crippen molar-refractivity contribution < 1.29 is 40.9 Å². The molecule has 0 unspecified atom stereocenters. The minimum atomic E-state index is -5.41. The quantitative estimate of drug-likeness (QED) is 0.0904. The van der Waals surface area contributed by atoms with E-state index in [4.69, 9.17) is 5.73 Å². The second kappa shape index (κ2) is 10.9. The zero-order valence-corrected chi connectivity index (χ0v) is 22.0. The van der Waals surface area contributed by atoms with Crippen LogP contribution >= 0.6 is 0 Å². The van der Waals surface area contributed by atoms with Crippen LogP contribution in [-0.2, 0) is 20.2 Å². The van der Waals surface area contributed by atoms with E-state index in [2.05, 4.69) is 20.5 Å². The number of non-ortho nitro benzene ring substituents is 2. The lowest BCUT2D eigenvalue weighted by Gasteiger charge is -2.18. The van der Waals surface area contributed by atoms with Gasteiger partial charge >= 0.3 is 0 Å². The maximum atomic E-state index is 12.0. The number of benzene rings is 4. The lowest BCUT2D eigenvalue weighted by atomic mass is 10.1. The summed E-state index contributed by atoms with van der Waals surface area (Å²) in [6.45, 7) is 0. The molecule has 0 aliphatic rings. The van der Waals surface area contributed by atoms with Crippen molar-refractivity contribution in [3.05, 3.63) is 80.9 Å². The maximum Gasteiger partial charge on any atom is 0.269 e. The van der Waals surface area contributed by atoms with Crippen LogP contribution in [0.4, 0.5) is 39.8 Å². The smallest absolute Gasteiger partial charge is 0.269 e. The third-order valence-corrected chi connectivity index (χ3v) is 7.20. The number of phenols is 1. The van der Waals surface area contributed by atoms with Gasteiger partial charge in [0.25, 0.3) is 11.4 Å². The van der Waals surface area contributed by atoms with Crippen LogP contribution in [0.2, 0.25) is 0 Å². The predicted octanol–water partition coefficient (Wildman–Crippen LogP) is 4.58. The van der Waals surface area contributed by atoms with Crippen molar-refractivity contribution in [2.24, 2.45) is 20.5 Å². The van der Waals surface area contributed by atoms with Gasteiger partial charge in [-0.2, -0.15) is 10.2 Å². The number of anilines is 1. The molecule has 216 valence electrons. The Morgan fingerprint density at radius 1 is 0.667 bits per heavy atom. The van der Waals surface area contributed by atoms with Crippen molar-refractivity contribution in [2.75, 3.05) is 5.73 Å². The number of phenolic OH excluding ortho intramolecular Hbond substituents is 1. The first-order chi connectivity index (χ1) is 19.6. The van der Waals surface area contributed by atoms with Crippen LogP contribution in [0.3, 0.4) is 0 Å². The van der Waals surface area contributed by atoms with E-state index < -0.39 is 73.5 Å². The molecule has 18 nitrogen and oxygen atoms in total. The standard InChI is InChI=1S/C22H15N7O11S2/c23-19-18-11(9-16(41(35,36)37)20(19)26-24-12-1-5-14(6-2-12)28(31)32)10-17(42(38,39)40)21(22(18)30)27-25-13-3-7-15(8-4-13)29(33)34/h1-10,30H,23H2,(H,35,36,37)(H,38,39,40)/p-2. The van der Waals surface area contributed by atoms with Gasteiger partial charge in [0.15, 0.2) is 5.75 Å². The van der Waals surface area contributed by atoms with Gasteiger partial charge in [0.1, 0.15) is 31.6 Å². The number of hydrogen-bond acceptors (Lipinski definition) is 16. The fraction of sp³-hybridized carbons (Fsp3) is 0. The Kier molecular flexibility index (Phi) is 7.63. The highest BCUT2D eigenvalue weighted by molar-refractivity contribution is 7.86. The molecule has 0 heterocycles. The molecular weight excluding hydrogens is 602 g/mol. The summed E-state index contributed by atoms with van der Waals surface area (Å²) in [5, 5.41) is 46.4. The van der Waals surface area contributed by atoms with Crippen LogP contribution in [0.5, 0.6) is 5.75 Å². The van der Waals surface area contributed by atoms with Crippen molar-refractivity contribution in [1.29, 1.82) is 0 Å². The van der Waals surface area contributed by atoms with E-state index in [1.807, 2.05) is 0 Å². The highest BCUT2D eigenvalue weighted by atomic mass is 32.2. The summed E-state index contributed by atoms with van der Waals surface area (Å²) in [4.78, 5) is 18.1. The Morgan fingerprint density at radius 2 is 1.05 bits per heavy atom. The molecule has 0 aromatic heterocycles. The molecule has 0 aliphatic heterocycles. The molecule has 3 N–H and O–H groups in total. The molecule has 0 fully saturated rings. The summed E-state index contributed by atoms with van der Waals surface area (Å²) >= 11 is 0. The van der Waals surface area contributed by atoms with Crippen LogP contribution in [0, 0.1) is 20.2 Å². The van der Waals surface area contributed by atoms with E-state index >= 15 is 0 Å². The van der Waals surface area contributed by atoms with Crippen LogP contribution in [0.15, 0.2) is 90.9 Å². The minimum absolute atomic E-state index is 0.0241. The van der Waals surface area contributed by atoms with Gasteiger partial charge in [0, 0.05) is 24.3 Å². The second-order valence-electron chi connectivity index (χ2n) is 8.16. The van der Waals surface area contributed by atoms with Crippen molar-refractivity contribution in [2.45, 2.75) is 9.79 Å². The molecule has 4 rings (SSSR count). The van der Waals surface area contributed by atoms with Gasteiger partial charge in [-0.25, -0.2) is 16.8 Å². The molecule has 42 heavy (non-hydrogen) atoms. The van der Waals surface area contributed by atoms with Gasteiger partial charge in [-0.1, -0.05) is 0 Å². The van der Waals surface area contributed by atoms with Crippen LogP contribution in [-0.4, -0.2) is 40.9 Å². The molecule has 0 radical (unpaired) electrons. The van der Waals surface area contributed by atoms with Gasteiger partial charge in [0.05, 0.1) is 42.1 Å². The summed E-state index contributed by atoms with van der Waals surface area (Å²) in [7, 11) is -10.8. The van der Waals surface area contributed by atoms with E-state index in [1.54, 1.807) is 0 Å². The maximum absolute atomic E-state index is 12.0. The first-order valence-corrected chi connectivity index (χ1v) is 13.8. The second-order valence-corrected chi connectivity index (χ2v) is 10.9. The van der Waals surface area contributed by atoms with Gasteiger partial charge in [0.2, 0.25) is 0 Å². The van der Waals surface area contributed by atoms with Gasteiger partial charge in [-0.15, -0.1) is 10.2 Å². The van der Waals surface area contributed by atoms with E-state index in [0.717, 1.165) is 48.5 Å². The largest absolute Gasteiger partial charge is 0.744 e. The fourth-order valence-electron chi connectivity index (χ4n) is 3.59. The molecule has 0 spiro atoms. The van der Waals surface area contributed by atoms with E-state index in [9.17, 15) is 51.3 Å². The SMILES string of the molecule is Nc1c(N=Nc2ccc([N+](=O)[O-])cc2)c(S(=O)(=O)[O-])cc2cc(S(=O)(=O)[O-])c(N=Nc3ccc([N+](=O)[O-])cc3)c(O)c12. The number of nitrogen functional groups attached to an aromatic ring is 1. The summed E-state index contributed by atoms with van der Waals surface area (Å²) in [5.41, 5.74) is 3.02. The number of aromatic hydroxyl groups is 1. The molecule has 0 atom stereocenters. The number of fused-ring (bicyclic) bond motifs is 1. The van der Waals surface area contributed by atoms with E-state index in [-0.39, 0.29) is 22.7 Å². The molecule has 0 saturated heterocycles. The topological polar surface area (TPSA) is 296 Å². The van der Waals surface area contributed by atoms with Crippen LogP contribution in [0.25, 0.3) is 10.8 Å². The van der Waals surface area contributed by atoms with Crippen LogP contribution in [0.1, 0.15) is 0 Å². The average molecular weight is 616 g/mol. The number of nitro benzene ring substituents is 2. The summed E-state index contributed by atoms with van der Waals surface area (Å²) in [6.07, 6.45) is 0. The molecule has 0 aliphatic carbocycles. The third-order valence-electron chi connectivity index (χ3n) is 5.50. The monoisotopic (exact) mass is 615 g/mol. The Bertz CT molecular complexity index is 1900. The third kappa shape index (κ3) is 6.00. The summed E-state index contributed by atoms with van der Waals surface area (Å²) in [6, 6.07) is 10.1. The number of azo groups is 2. The van der Waals surface area contributed by atoms with Crippen molar-refractivity contribution >= 4 is 70.8 Å². The number of nitrogens with two attached hydrogens (primary N) is 1. The normalized spacial score (nSPS) is 12.3. The van der Waals surface area contributed by atoms with Gasteiger partial charge in [-0.3, -0.25) is 20.2 Å². The number of nitro groups is 2. The Balaban J connectivity index is 1.95. The summed E-state index contributed by atoms with van der Waals surface area (Å²) in [5.74, 6) is -1.06. The first-order valence-electron chi connectivity index (χ1n) is 10.9. The Morgan fingerprint density at radius 3 is 1.43 bits per heavy atom. The summed E-state index contributed by atoms with van der Waals surface area (Å²) < 4.78 is 72.1. The molecular formula is C22H13N7O11S2-2. The number of rotatable bonds is 8. The molecule has 20 heteroatoms. The van der Waals surface area contributed by atoms with Crippen molar-refractivity contribution in [3.63, 3.8) is 0 Å². The highest BCUT2D eigenvalue weighted by Gasteiger charge is 2.24. The van der Waals surface area contributed by atoms with Gasteiger partial charge in [-0.05, 0) is 41.8 Å².